The van der Waals surface area contributed by atoms with Crippen molar-refractivity contribution in [3.63, 3.8) is 0 Å². The third-order valence-electron chi connectivity index (χ3n) is 4.71. The molecule has 0 aromatic carbocycles. The van der Waals surface area contributed by atoms with Crippen molar-refractivity contribution >= 4 is 6.29 Å². The van der Waals surface area contributed by atoms with Crippen molar-refractivity contribution in [2.45, 2.75) is 95.4 Å². The lowest BCUT2D eigenvalue weighted by atomic mass is 9.96. The van der Waals surface area contributed by atoms with E-state index in [1.807, 2.05) is 18.4 Å². The Morgan fingerprint density at radius 3 is 2.10 bits per heavy atom. The van der Waals surface area contributed by atoms with Crippen molar-refractivity contribution in [1.82, 2.24) is 0 Å². The van der Waals surface area contributed by atoms with E-state index in [0.717, 1.165) is 32.1 Å². The number of unbranched alkanes of at least 4 members (excludes halogenated alkanes) is 5. The first-order valence-electron chi connectivity index (χ1n) is 10.1. The number of hydrogen-bond acceptors (Lipinski definition) is 7. The summed E-state index contributed by atoms with van der Waals surface area (Å²) >= 11 is 0. The minimum absolute atomic E-state index is 0.0369. The second-order valence-electron chi connectivity index (χ2n) is 7.00. The lowest BCUT2D eigenvalue weighted by molar-refractivity contribution is -0.553. The molecule has 4 atom stereocenters. The van der Waals surface area contributed by atoms with E-state index < -0.39 is 40.6 Å². The van der Waals surface area contributed by atoms with Gasteiger partial charge >= 0.3 is 0 Å². The van der Waals surface area contributed by atoms with Crippen LogP contribution in [0.2, 0.25) is 0 Å². The first-order chi connectivity index (χ1) is 13.8. The Bertz CT molecular complexity index is 537. The zero-order valence-corrected chi connectivity index (χ0v) is 17.0. The summed E-state index contributed by atoms with van der Waals surface area (Å²) in [4.78, 5) is 30.8. The maximum Gasteiger partial charge on any atom is 0.241 e. The van der Waals surface area contributed by atoms with Crippen LogP contribution < -0.4 is 0 Å². The SMILES string of the molecule is CCC(C(O)CC(C(O)C/C=C\C/C=C\CCCCCC[C]=O)[N+](=O)[O-])[N+](=O)[O-]. The van der Waals surface area contributed by atoms with Gasteiger partial charge in [0.05, 0.1) is 6.42 Å². The molecule has 2 N–H and O–H groups in total. The average Bonchev–Trinajstić information content (AvgIpc) is 2.66. The van der Waals surface area contributed by atoms with Gasteiger partial charge in [-0.25, -0.2) is 0 Å². The first-order valence-corrected chi connectivity index (χ1v) is 10.1. The molecule has 9 nitrogen and oxygen atoms in total. The lowest BCUT2D eigenvalue weighted by Crippen LogP contribution is -2.42. The van der Waals surface area contributed by atoms with Crippen molar-refractivity contribution in [2.75, 3.05) is 0 Å². The normalized spacial score (nSPS) is 16.0. The largest absolute Gasteiger partial charge is 0.386 e. The summed E-state index contributed by atoms with van der Waals surface area (Å²) in [6.07, 6.45) is 12.2. The van der Waals surface area contributed by atoms with Crippen LogP contribution in [0.1, 0.15) is 71.1 Å². The summed E-state index contributed by atoms with van der Waals surface area (Å²) < 4.78 is 0. The van der Waals surface area contributed by atoms with E-state index in [1.165, 1.54) is 6.92 Å². The van der Waals surface area contributed by atoms with E-state index in [-0.39, 0.29) is 12.8 Å². The van der Waals surface area contributed by atoms with Gasteiger partial charge in [-0.1, -0.05) is 44.1 Å². The number of rotatable bonds is 18. The summed E-state index contributed by atoms with van der Waals surface area (Å²) in [5.74, 6) is 0. The van der Waals surface area contributed by atoms with Crippen molar-refractivity contribution in [1.29, 1.82) is 0 Å². The van der Waals surface area contributed by atoms with Crippen LogP contribution in [0, 0.1) is 20.2 Å². The minimum atomic E-state index is -1.48. The Labute approximate surface area is 171 Å². The number of aliphatic hydroxyl groups is 2. The van der Waals surface area contributed by atoms with E-state index in [4.69, 9.17) is 0 Å². The minimum Gasteiger partial charge on any atom is -0.386 e. The number of allylic oxidation sites excluding steroid dienone is 3. The fourth-order valence-electron chi connectivity index (χ4n) is 2.94. The lowest BCUT2D eigenvalue weighted by Gasteiger charge is -2.19. The molecule has 0 fully saturated rings. The zero-order chi connectivity index (χ0) is 22.1. The Morgan fingerprint density at radius 2 is 1.52 bits per heavy atom. The third kappa shape index (κ3) is 12.8. The van der Waals surface area contributed by atoms with Crippen LogP contribution in [0.25, 0.3) is 0 Å². The first kappa shape index (κ1) is 26.9. The molecule has 29 heavy (non-hydrogen) atoms. The van der Waals surface area contributed by atoms with Crippen molar-refractivity contribution in [3.05, 3.63) is 44.5 Å². The second-order valence-corrected chi connectivity index (χ2v) is 7.00. The highest BCUT2D eigenvalue weighted by Crippen LogP contribution is 2.16. The Kier molecular flexibility index (Phi) is 15.6. The molecule has 0 amide bonds. The van der Waals surface area contributed by atoms with Crippen LogP contribution in [0.5, 0.6) is 0 Å². The van der Waals surface area contributed by atoms with Gasteiger partial charge in [-0.2, -0.15) is 0 Å². The van der Waals surface area contributed by atoms with Gasteiger partial charge in [-0.05, 0) is 32.1 Å². The fraction of sp³-hybridized carbons (Fsp3) is 0.750. The summed E-state index contributed by atoms with van der Waals surface area (Å²) in [7, 11) is 0. The van der Waals surface area contributed by atoms with E-state index in [9.17, 15) is 35.2 Å². The molecule has 0 spiro atoms. The van der Waals surface area contributed by atoms with Crippen LogP contribution in [-0.4, -0.2) is 50.6 Å². The van der Waals surface area contributed by atoms with Gasteiger partial charge in [-0.15, -0.1) is 0 Å². The standard InChI is InChI=1S/C20H33N2O7/c1-2-17(21(26)27)20(25)16-18(22(28)29)19(24)14-12-10-8-6-4-3-5-7-9-11-13-15-23/h4,6,10,12,17-20,24-25H,2-3,5,7-9,11,13-14,16H2,1H3/b6-4-,12-10-. The van der Waals surface area contributed by atoms with Crippen LogP contribution in [0.3, 0.4) is 0 Å². The molecular weight excluding hydrogens is 380 g/mol. The average molecular weight is 413 g/mol. The van der Waals surface area contributed by atoms with Crippen LogP contribution >= 0.6 is 0 Å². The maximum absolute atomic E-state index is 11.2. The smallest absolute Gasteiger partial charge is 0.241 e. The molecule has 0 aliphatic rings. The van der Waals surface area contributed by atoms with Crippen molar-refractivity contribution in [3.8, 4) is 0 Å². The predicted molar refractivity (Wildman–Crippen MR) is 109 cm³/mol. The molecule has 0 saturated carbocycles. The highest BCUT2D eigenvalue weighted by atomic mass is 16.6. The van der Waals surface area contributed by atoms with E-state index >= 15 is 0 Å². The number of nitro groups is 2. The summed E-state index contributed by atoms with van der Waals surface area (Å²) in [5, 5.41) is 42.0. The molecule has 0 aromatic heterocycles. The highest BCUT2D eigenvalue weighted by molar-refractivity contribution is 5.50. The van der Waals surface area contributed by atoms with Gasteiger partial charge in [0.15, 0.2) is 6.29 Å². The van der Waals surface area contributed by atoms with Gasteiger partial charge in [-0.3, -0.25) is 25.0 Å². The maximum atomic E-state index is 11.2. The quantitative estimate of drug-likeness (QED) is 0.152. The summed E-state index contributed by atoms with van der Waals surface area (Å²) in [6, 6.07) is -2.75. The van der Waals surface area contributed by atoms with Crippen LogP contribution in [-0.2, 0) is 4.79 Å². The number of hydrogen-bond donors (Lipinski definition) is 2. The number of aliphatic hydroxyl groups excluding tert-OH is 2. The molecule has 0 heterocycles. The van der Waals surface area contributed by atoms with Crippen molar-refractivity contribution in [2.24, 2.45) is 0 Å². The molecule has 165 valence electrons. The fourth-order valence-corrected chi connectivity index (χ4v) is 2.94. The van der Waals surface area contributed by atoms with Gasteiger partial charge in [0.2, 0.25) is 12.1 Å². The molecule has 4 unspecified atom stereocenters. The molecule has 1 radical (unpaired) electrons. The molecule has 0 aliphatic carbocycles. The third-order valence-corrected chi connectivity index (χ3v) is 4.71. The second kappa shape index (κ2) is 16.8. The Balaban J connectivity index is 4.24. The van der Waals surface area contributed by atoms with Crippen molar-refractivity contribution < 1.29 is 24.9 Å². The Morgan fingerprint density at radius 1 is 0.897 bits per heavy atom. The molecule has 0 saturated heterocycles. The molecule has 0 rings (SSSR count). The van der Waals surface area contributed by atoms with E-state index in [1.54, 1.807) is 12.2 Å². The number of carbonyl (C=O) groups excluding carboxylic acids is 1. The Hall–Kier alpha value is -2.13. The van der Waals surface area contributed by atoms with Crippen LogP contribution in [0.15, 0.2) is 24.3 Å². The van der Waals surface area contributed by atoms with E-state index in [0.29, 0.717) is 12.8 Å². The molecule has 9 heteroatoms. The molecular formula is C20H33N2O7. The summed E-state index contributed by atoms with van der Waals surface area (Å²) in [6.45, 7) is 1.52. The zero-order valence-electron chi connectivity index (χ0n) is 17.0. The topological polar surface area (TPSA) is 144 Å². The molecule has 0 aliphatic heterocycles. The summed E-state index contributed by atoms with van der Waals surface area (Å²) in [5.41, 5.74) is 0. The monoisotopic (exact) mass is 413 g/mol. The highest BCUT2D eigenvalue weighted by Gasteiger charge is 2.37. The van der Waals surface area contributed by atoms with Gasteiger partial charge in [0.25, 0.3) is 0 Å². The van der Waals surface area contributed by atoms with Gasteiger partial charge in [0, 0.05) is 22.7 Å². The predicted octanol–water partition coefficient (Wildman–Crippen LogP) is 3.14. The van der Waals surface area contributed by atoms with Gasteiger partial charge < -0.3 is 10.2 Å². The molecule has 0 aromatic rings. The molecule has 0 bridgehead atoms. The number of nitrogens with zero attached hydrogens (tertiary/aromatic N) is 2. The van der Waals surface area contributed by atoms with E-state index in [2.05, 4.69) is 0 Å². The van der Waals surface area contributed by atoms with Crippen LogP contribution in [0.4, 0.5) is 0 Å². The van der Waals surface area contributed by atoms with Gasteiger partial charge in [0.1, 0.15) is 12.2 Å².